The summed E-state index contributed by atoms with van der Waals surface area (Å²) >= 11 is 0. The number of carbonyl (C=O) groups is 1. The molecule has 31 heavy (non-hydrogen) atoms. The molecule has 1 heterocycles. The second-order valence-electron chi connectivity index (χ2n) is 7.17. The molecule has 2 aromatic rings. The zero-order chi connectivity index (χ0) is 22.8. The summed E-state index contributed by atoms with van der Waals surface area (Å²) in [7, 11) is -2.93. The molecule has 2 aromatic carbocycles. The number of anilines is 1. The SMILES string of the molecule is CN(CC(F)(F)F)C(=O)c1cccc(S(=O)(=O)N2CCN(c3ccc(F)cc3)CC2)c1. The first-order valence-corrected chi connectivity index (χ1v) is 10.8. The Kier molecular flexibility index (Phi) is 6.56. The summed E-state index contributed by atoms with van der Waals surface area (Å²) in [5.41, 5.74) is 0.636. The molecule has 0 spiro atoms. The number of carbonyl (C=O) groups excluding carboxylic acids is 1. The molecule has 0 N–H and O–H groups in total. The highest BCUT2D eigenvalue weighted by Crippen LogP contribution is 2.23. The van der Waals surface area contributed by atoms with Gasteiger partial charge in [-0.05, 0) is 42.5 Å². The van der Waals surface area contributed by atoms with Gasteiger partial charge in [-0.25, -0.2) is 12.8 Å². The molecule has 1 amide bonds. The molecule has 0 bridgehead atoms. The fraction of sp³-hybridized carbons (Fsp3) is 0.350. The lowest BCUT2D eigenvalue weighted by atomic mass is 10.2. The van der Waals surface area contributed by atoms with Crippen LogP contribution in [0, 0.1) is 5.82 Å². The van der Waals surface area contributed by atoms with E-state index in [9.17, 15) is 30.8 Å². The third kappa shape index (κ3) is 5.53. The predicted molar refractivity (Wildman–Crippen MR) is 107 cm³/mol. The number of rotatable bonds is 5. The van der Waals surface area contributed by atoms with Gasteiger partial charge in [0.1, 0.15) is 12.4 Å². The number of sulfonamides is 1. The fourth-order valence-electron chi connectivity index (χ4n) is 3.34. The second-order valence-corrected chi connectivity index (χ2v) is 9.11. The van der Waals surface area contributed by atoms with E-state index in [4.69, 9.17) is 0 Å². The van der Waals surface area contributed by atoms with Crippen molar-refractivity contribution in [2.45, 2.75) is 11.1 Å². The first-order valence-electron chi connectivity index (χ1n) is 9.40. The first kappa shape index (κ1) is 23.0. The average molecular weight is 459 g/mol. The van der Waals surface area contributed by atoms with E-state index in [0.717, 1.165) is 18.8 Å². The van der Waals surface area contributed by atoms with Crippen LogP contribution in [-0.2, 0) is 10.0 Å². The molecule has 0 unspecified atom stereocenters. The average Bonchev–Trinajstić information content (AvgIpc) is 2.73. The number of hydrogen-bond acceptors (Lipinski definition) is 4. The van der Waals surface area contributed by atoms with Crippen LogP contribution >= 0.6 is 0 Å². The van der Waals surface area contributed by atoms with Gasteiger partial charge in [-0.3, -0.25) is 4.79 Å². The van der Waals surface area contributed by atoms with E-state index in [-0.39, 0.29) is 29.4 Å². The standard InChI is InChI=1S/C20H21F4N3O3S/c1-25(14-20(22,23)24)19(28)15-3-2-4-18(13-15)31(29,30)27-11-9-26(10-12-27)17-7-5-16(21)6-8-17/h2-8,13H,9-12,14H2,1H3. The van der Waals surface area contributed by atoms with Gasteiger partial charge >= 0.3 is 6.18 Å². The lowest BCUT2D eigenvalue weighted by molar-refractivity contribution is -0.138. The Morgan fingerprint density at radius 1 is 1.03 bits per heavy atom. The van der Waals surface area contributed by atoms with Crippen LogP contribution in [0.5, 0.6) is 0 Å². The molecule has 1 saturated heterocycles. The summed E-state index contributed by atoms with van der Waals surface area (Å²) in [4.78, 5) is 14.5. The summed E-state index contributed by atoms with van der Waals surface area (Å²) < 4.78 is 78.0. The fourth-order valence-corrected chi connectivity index (χ4v) is 4.81. The van der Waals surface area contributed by atoms with E-state index in [1.165, 1.54) is 34.6 Å². The Bertz CT molecular complexity index is 1030. The van der Waals surface area contributed by atoms with E-state index in [1.807, 2.05) is 4.90 Å². The molecule has 0 atom stereocenters. The normalized spacial score (nSPS) is 15.7. The molecular weight excluding hydrogens is 438 g/mol. The van der Waals surface area contributed by atoms with Crippen molar-refractivity contribution in [3.05, 3.63) is 59.9 Å². The Labute approximate surface area is 177 Å². The molecule has 0 radical (unpaired) electrons. The number of alkyl halides is 3. The number of nitrogens with zero attached hydrogens (tertiary/aromatic N) is 3. The highest BCUT2D eigenvalue weighted by atomic mass is 32.2. The van der Waals surface area contributed by atoms with Crippen LogP contribution in [0.25, 0.3) is 0 Å². The first-order chi connectivity index (χ1) is 14.5. The van der Waals surface area contributed by atoms with Gasteiger partial charge in [-0.15, -0.1) is 0 Å². The van der Waals surface area contributed by atoms with Crippen molar-refractivity contribution < 1.29 is 30.8 Å². The van der Waals surface area contributed by atoms with Crippen molar-refractivity contribution in [2.75, 3.05) is 44.7 Å². The van der Waals surface area contributed by atoms with E-state index in [1.54, 1.807) is 12.1 Å². The van der Waals surface area contributed by atoms with Crippen molar-refractivity contribution >= 4 is 21.6 Å². The maximum atomic E-state index is 13.1. The molecule has 6 nitrogen and oxygen atoms in total. The number of benzene rings is 2. The number of hydrogen-bond donors (Lipinski definition) is 0. The molecule has 0 saturated carbocycles. The minimum atomic E-state index is -4.56. The highest BCUT2D eigenvalue weighted by molar-refractivity contribution is 7.89. The van der Waals surface area contributed by atoms with Crippen molar-refractivity contribution in [2.24, 2.45) is 0 Å². The molecule has 1 fully saturated rings. The molecular formula is C20H21F4N3O3S. The molecule has 168 valence electrons. The molecule has 0 aromatic heterocycles. The van der Waals surface area contributed by atoms with Gasteiger partial charge in [0.2, 0.25) is 10.0 Å². The van der Waals surface area contributed by atoms with Crippen LogP contribution in [0.15, 0.2) is 53.4 Å². The summed E-state index contributed by atoms with van der Waals surface area (Å²) in [5, 5.41) is 0. The van der Waals surface area contributed by atoms with E-state index in [2.05, 4.69) is 0 Å². The van der Waals surface area contributed by atoms with Gasteiger partial charge in [0.05, 0.1) is 4.90 Å². The van der Waals surface area contributed by atoms with E-state index < -0.39 is 28.7 Å². The monoisotopic (exact) mass is 459 g/mol. The lowest BCUT2D eigenvalue weighted by Gasteiger charge is -2.35. The lowest BCUT2D eigenvalue weighted by Crippen LogP contribution is -2.48. The number of piperazine rings is 1. The Morgan fingerprint density at radius 2 is 1.65 bits per heavy atom. The van der Waals surface area contributed by atoms with Gasteiger partial charge in [-0.2, -0.15) is 17.5 Å². The van der Waals surface area contributed by atoms with Gasteiger partial charge in [-0.1, -0.05) is 6.07 Å². The molecule has 0 aliphatic carbocycles. The number of halogens is 4. The van der Waals surface area contributed by atoms with Gasteiger partial charge < -0.3 is 9.80 Å². The van der Waals surface area contributed by atoms with Crippen LogP contribution in [0.3, 0.4) is 0 Å². The van der Waals surface area contributed by atoms with E-state index in [0.29, 0.717) is 18.0 Å². The van der Waals surface area contributed by atoms with Crippen LogP contribution in [-0.4, -0.2) is 69.5 Å². The smallest absolute Gasteiger partial charge is 0.369 e. The Hall–Kier alpha value is -2.66. The third-order valence-electron chi connectivity index (χ3n) is 4.91. The predicted octanol–water partition coefficient (Wildman–Crippen LogP) is 2.97. The summed E-state index contributed by atoms with van der Waals surface area (Å²) in [6, 6.07) is 10.9. The van der Waals surface area contributed by atoms with Crippen LogP contribution in [0.2, 0.25) is 0 Å². The maximum Gasteiger partial charge on any atom is 0.406 e. The van der Waals surface area contributed by atoms with Crippen LogP contribution < -0.4 is 4.90 Å². The van der Waals surface area contributed by atoms with Gasteiger partial charge in [0.25, 0.3) is 5.91 Å². The van der Waals surface area contributed by atoms with Crippen LogP contribution in [0.1, 0.15) is 10.4 Å². The van der Waals surface area contributed by atoms with Crippen LogP contribution in [0.4, 0.5) is 23.2 Å². The largest absolute Gasteiger partial charge is 0.406 e. The zero-order valence-corrected chi connectivity index (χ0v) is 17.5. The maximum absolute atomic E-state index is 13.1. The third-order valence-corrected chi connectivity index (χ3v) is 6.81. The van der Waals surface area contributed by atoms with Gasteiger partial charge in [0.15, 0.2) is 0 Å². The van der Waals surface area contributed by atoms with Crippen molar-refractivity contribution in [3.8, 4) is 0 Å². The summed E-state index contributed by atoms with van der Waals surface area (Å²) in [6.45, 7) is -0.318. The quantitative estimate of drug-likeness (QED) is 0.646. The molecule has 1 aliphatic heterocycles. The molecule has 3 rings (SSSR count). The van der Waals surface area contributed by atoms with Crippen molar-refractivity contribution in [1.82, 2.24) is 9.21 Å². The topological polar surface area (TPSA) is 60.9 Å². The molecule has 11 heteroatoms. The molecule has 1 aliphatic rings. The number of amides is 1. The Morgan fingerprint density at radius 3 is 2.23 bits per heavy atom. The zero-order valence-electron chi connectivity index (χ0n) is 16.6. The van der Waals surface area contributed by atoms with E-state index >= 15 is 0 Å². The second kappa shape index (κ2) is 8.83. The highest BCUT2D eigenvalue weighted by Gasteiger charge is 2.33. The Balaban J connectivity index is 1.72. The van der Waals surface area contributed by atoms with Gasteiger partial charge in [0, 0.05) is 44.5 Å². The minimum absolute atomic E-state index is 0.141. The summed E-state index contributed by atoms with van der Waals surface area (Å²) in [5.74, 6) is -1.28. The van der Waals surface area contributed by atoms with Crippen molar-refractivity contribution in [1.29, 1.82) is 0 Å². The van der Waals surface area contributed by atoms with Crippen molar-refractivity contribution in [3.63, 3.8) is 0 Å². The summed E-state index contributed by atoms with van der Waals surface area (Å²) in [6.07, 6.45) is -4.56. The minimum Gasteiger partial charge on any atom is -0.369 e.